The minimum absolute atomic E-state index is 0.0293. The fourth-order valence-electron chi connectivity index (χ4n) is 3.88. The van der Waals surface area contributed by atoms with Crippen molar-refractivity contribution in [1.82, 2.24) is 9.55 Å². The lowest BCUT2D eigenvalue weighted by Gasteiger charge is -2.18. The summed E-state index contributed by atoms with van der Waals surface area (Å²) in [6, 6.07) is 26.8. The third kappa shape index (κ3) is 4.56. The van der Waals surface area contributed by atoms with Crippen molar-refractivity contribution in [3.8, 4) is 11.4 Å². The quantitative estimate of drug-likeness (QED) is 0.251. The molecule has 0 saturated carbocycles. The molecule has 2 aliphatic rings. The van der Waals surface area contributed by atoms with Crippen molar-refractivity contribution in [2.75, 3.05) is 0 Å². The first-order valence-corrected chi connectivity index (χ1v) is 12.6. The lowest BCUT2D eigenvalue weighted by Crippen LogP contribution is -2.12. The highest BCUT2D eigenvalue weighted by Crippen LogP contribution is 2.34. The Labute approximate surface area is 202 Å². The predicted octanol–water partition coefficient (Wildman–Crippen LogP) is 7.44. The van der Waals surface area contributed by atoms with Crippen molar-refractivity contribution >= 4 is 34.6 Å². The zero-order chi connectivity index (χ0) is 22.9. The van der Waals surface area contributed by atoms with Gasteiger partial charge in [0, 0.05) is 27.3 Å². The predicted molar refractivity (Wildman–Crippen MR) is 139 cm³/mol. The lowest BCUT2D eigenvalue weighted by atomic mass is 10.1. The van der Waals surface area contributed by atoms with Gasteiger partial charge in [-0.2, -0.15) is 0 Å². The van der Waals surface area contributed by atoms with Crippen LogP contribution in [0, 0.1) is 13.8 Å². The van der Waals surface area contributed by atoms with Crippen molar-refractivity contribution in [1.29, 1.82) is 0 Å². The third-order valence-electron chi connectivity index (χ3n) is 5.63. The summed E-state index contributed by atoms with van der Waals surface area (Å²) in [7, 11) is 0. The normalized spacial score (nSPS) is 11.4. The highest BCUT2D eigenvalue weighted by Gasteiger charge is 2.16. The molecular formula is C28H24N2OS2. The maximum Gasteiger partial charge on any atom is 0.194 e. The average Bonchev–Trinajstić information content (AvgIpc) is 2.81. The Bertz CT molecular complexity index is 1470. The van der Waals surface area contributed by atoms with Gasteiger partial charge in [0.05, 0.1) is 27.3 Å². The zero-order valence-electron chi connectivity index (χ0n) is 18.8. The summed E-state index contributed by atoms with van der Waals surface area (Å²) >= 11 is 3.23. The number of fused-ring (bicyclic) bond motifs is 2. The van der Waals surface area contributed by atoms with E-state index in [9.17, 15) is 4.79 Å². The van der Waals surface area contributed by atoms with Gasteiger partial charge in [0.15, 0.2) is 5.43 Å². The summed E-state index contributed by atoms with van der Waals surface area (Å²) in [5.41, 5.74) is 6.19. The number of rotatable bonds is 5. The van der Waals surface area contributed by atoms with E-state index in [2.05, 4.69) is 92.1 Å². The van der Waals surface area contributed by atoms with Gasteiger partial charge in [0.25, 0.3) is 0 Å². The highest BCUT2D eigenvalue weighted by molar-refractivity contribution is 7.99. The molecule has 0 saturated heterocycles. The minimum atomic E-state index is 0.0293. The van der Waals surface area contributed by atoms with Gasteiger partial charge in [0.2, 0.25) is 0 Å². The number of aryl methyl sites for hydroxylation is 3. The number of hydrogen-bond acceptors (Lipinski definition) is 4. The van der Waals surface area contributed by atoms with E-state index in [4.69, 9.17) is 4.98 Å². The second-order valence-corrected chi connectivity index (χ2v) is 10.4. The second kappa shape index (κ2) is 9.08. The lowest BCUT2D eigenvalue weighted by molar-refractivity contribution is 0.788. The smallest absolute Gasteiger partial charge is 0.194 e. The molecule has 3 aromatic carbocycles. The van der Waals surface area contributed by atoms with Crippen molar-refractivity contribution in [2.24, 2.45) is 0 Å². The van der Waals surface area contributed by atoms with E-state index in [1.807, 2.05) is 6.07 Å². The average molecular weight is 469 g/mol. The Morgan fingerprint density at radius 3 is 2.00 bits per heavy atom. The number of aromatic nitrogens is 2. The molecule has 1 aliphatic heterocycles. The molecule has 0 bridgehead atoms. The van der Waals surface area contributed by atoms with Gasteiger partial charge in [-0.05, 0) is 69.3 Å². The molecule has 0 atom stereocenters. The molecule has 0 aromatic heterocycles. The first-order chi connectivity index (χ1) is 16.0. The first kappa shape index (κ1) is 21.8. The molecule has 3 nitrogen and oxygen atoms in total. The van der Waals surface area contributed by atoms with Crippen LogP contribution in [0.25, 0.3) is 22.4 Å². The standard InChI is InChI=1S/C28H24N2OS2/c1-4-30-25-15-22(32-20-9-5-18(2)6-10-20)13-14-23(25)29-24-16-28(27(31)17-26(24)30)33-21-11-7-19(3)8-12-21/h5-17H,4H2,1-3H3. The Morgan fingerprint density at radius 1 is 0.758 bits per heavy atom. The summed E-state index contributed by atoms with van der Waals surface area (Å²) in [6.45, 7) is 7.03. The molecule has 5 rings (SSSR count). The first-order valence-electron chi connectivity index (χ1n) is 11.0. The Balaban J connectivity index is 1.57. The molecule has 0 unspecified atom stereocenters. The Kier molecular flexibility index (Phi) is 6.00. The molecule has 3 aromatic rings. The van der Waals surface area contributed by atoms with Gasteiger partial charge in [-0.3, -0.25) is 4.79 Å². The van der Waals surface area contributed by atoms with Gasteiger partial charge in [-0.1, -0.05) is 58.9 Å². The van der Waals surface area contributed by atoms with E-state index in [0.717, 1.165) is 38.8 Å². The topological polar surface area (TPSA) is 34.9 Å². The van der Waals surface area contributed by atoms with Crippen molar-refractivity contribution in [3.05, 3.63) is 100 Å². The number of nitrogens with zero attached hydrogens (tertiary/aromatic N) is 2. The summed E-state index contributed by atoms with van der Waals surface area (Å²) in [6.07, 6.45) is 0. The Hall–Kier alpha value is -3.02. The fraction of sp³-hybridized carbons (Fsp3) is 0.143. The van der Waals surface area contributed by atoms with Crippen LogP contribution in [0.5, 0.6) is 0 Å². The molecule has 5 heteroatoms. The van der Waals surface area contributed by atoms with Gasteiger partial charge < -0.3 is 4.57 Å². The monoisotopic (exact) mass is 468 g/mol. The van der Waals surface area contributed by atoms with Crippen molar-refractivity contribution < 1.29 is 0 Å². The summed E-state index contributed by atoms with van der Waals surface area (Å²) < 4.78 is 2.19. The molecule has 1 aliphatic carbocycles. The zero-order valence-corrected chi connectivity index (χ0v) is 20.5. The minimum Gasteiger partial charge on any atom is -0.338 e. The third-order valence-corrected chi connectivity index (χ3v) is 7.68. The fourth-order valence-corrected chi connectivity index (χ4v) is 5.58. The molecule has 0 spiro atoms. The van der Waals surface area contributed by atoms with E-state index >= 15 is 0 Å². The molecule has 1 heterocycles. The van der Waals surface area contributed by atoms with Gasteiger partial charge in [0.1, 0.15) is 0 Å². The molecule has 0 amide bonds. The van der Waals surface area contributed by atoms with Crippen LogP contribution in [-0.4, -0.2) is 9.55 Å². The van der Waals surface area contributed by atoms with Gasteiger partial charge in [-0.25, -0.2) is 4.98 Å². The summed E-state index contributed by atoms with van der Waals surface area (Å²) in [5, 5.41) is 0. The van der Waals surface area contributed by atoms with Crippen LogP contribution in [0.15, 0.2) is 103 Å². The van der Waals surface area contributed by atoms with E-state index < -0.39 is 0 Å². The summed E-state index contributed by atoms with van der Waals surface area (Å²) in [4.78, 5) is 22.0. The van der Waals surface area contributed by atoms with E-state index in [1.165, 1.54) is 27.8 Å². The SMILES string of the molecule is CCn1c2cc(=O)c(Sc3ccc(C)cc3)cc-2nc2ccc(Sc3ccc(C)cc3)cc21. The number of benzene rings is 4. The van der Waals surface area contributed by atoms with Gasteiger partial charge in [-0.15, -0.1) is 0 Å². The van der Waals surface area contributed by atoms with Crippen LogP contribution in [-0.2, 0) is 6.54 Å². The van der Waals surface area contributed by atoms with Gasteiger partial charge >= 0.3 is 0 Å². The van der Waals surface area contributed by atoms with Crippen LogP contribution in [0.3, 0.4) is 0 Å². The molecule has 33 heavy (non-hydrogen) atoms. The Morgan fingerprint density at radius 2 is 1.36 bits per heavy atom. The van der Waals surface area contributed by atoms with Crippen LogP contribution in [0.4, 0.5) is 0 Å². The largest absolute Gasteiger partial charge is 0.338 e. The van der Waals surface area contributed by atoms with E-state index in [1.54, 1.807) is 17.8 Å². The van der Waals surface area contributed by atoms with Crippen molar-refractivity contribution in [2.45, 2.75) is 46.9 Å². The molecule has 0 N–H and O–H groups in total. The maximum absolute atomic E-state index is 13.0. The van der Waals surface area contributed by atoms with E-state index in [-0.39, 0.29) is 5.43 Å². The maximum atomic E-state index is 13.0. The van der Waals surface area contributed by atoms with Crippen LogP contribution >= 0.6 is 23.5 Å². The van der Waals surface area contributed by atoms with E-state index in [0.29, 0.717) is 4.90 Å². The summed E-state index contributed by atoms with van der Waals surface area (Å²) in [5.74, 6) is 0. The van der Waals surface area contributed by atoms with Crippen LogP contribution in [0.2, 0.25) is 0 Å². The highest BCUT2D eigenvalue weighted by atomic mass is 32.2. The molecule has 164 valence electrons. The van der Waals surface area contributed by atoms with Crippen LogP contribution < -0.4 is 5.43 Å². The molecule has 0 radical (unpaired) electrons. The molecule has 0 fully saturated rings. The van der Waals surface area contributed by atoms with Crippen LogP contribution in [0.1, 0.15) is 18.1 Å². The number of hydrogen-bond donors (Lipinski definition) is 0. The van der Waals surface area contributed by atoms with Crippen molar-refractivity contribution in [3.63, 3.8) is 0 Å². The molecular weight excluding hydrogens is 444 g/mol. The second-order valence-electron chi connectivity index (χ2n) is 8.12.